The van der Waals surface area contributed by atoms with Crippen LogP contribution in [-0.4, -0.2) is 25.6 Å². The van der Waals surface area contributed by atoms with Crippen molar-refractivity contribution in [2.75, 3.05) is 11.6 Å². The van der Waals surface area contributed by atoms with Crippen molar-refractivity contribution >= 4 is 43.0 Å². The second kappa shape index (κ2) is 5.75. The fourth-order valence-electron chi connectivity index (χ4n) is 2.30. The number of fused-ring (bicyclic) bond motifs is 1. The fraction of sp³-hybridized carbons (Fsp3) is 0.125. The van der Waals surface area contributed by atoms with Crippen LogP contribution in [0.4, 0.5) is 5.69 Å². The average molecular weight is 346 g/mol. The number of sulfone groups is 1. The van der Waals surface area contributed by atoms with E-state index in [0.29, 0.717) is 5.69 Å². The molecule has 7 heteroatoms. The molecule has 118 valence electrons. The highest BCUT2D eigenvalue weighted by atomic mass is 32.2. The summed E-state index contributed by atoms with van der Waals surface area (Å²) < 4.78 is 24.6. The zero-order valence-corrected chi connectivity index (χ0v) is 14.2. The van der Waals surface area contributed by atoms with Crippen molar-refractivity contribution in [1.29, 1.82) is 0 Å². The maximum Gasteiger partial charge on any atom is 0.256 e. The average Bonchev–Trinajstić information content (AvgIpc) is 2.85. The zero-order chi connectivity index (χ0) is 16.6. The van der Waals surface area contributed by atoms with Gasteiger partial charge in [0.1, 0.15) is 0 Å². The Morgan fingerprint density at radius 2 is 1.91 bits per heavy atom. The molecule has 5 nitrogen and oxygen atoms in total. The quantitative estimate of drug-likeness (QED) is 0.790. The Morgan fingerprint density at radius 3 is 2.65 bits per heavy atom. The van der Waals surface area contributed by atoms with Gasteiger partial charge in [0.05, 0.1) is 25.7 Å². The predicted octanol–water partition coefficient (Wildman–Crippen LogP) is 3.26. The van der Waals surface area contributed by atoms with Gasteiger partial charge in [0.25, 0.3) is 5.91 Å². The van der Waals surface area contributed by atoms with E-state index in [4.69, 9.17) is 0 Å². The number of aromatic nitrogens is 1. The van der Waals surface area contributed by atoms with Crippen molar-refractivity contribution in [3.05, 3.63) is 53.0 Å². The molecular formula is C16H14N2O3S2. The number of hydrogen-bond acceptors (Lipinski definition) is 5. The number of aryl methyl sites for hydroxylation is 1. The molecule has 0 spiro atoms. The van der Waals surface area contributed by atoms with Crippen LogP contribution in [0.5, 0.6) is 0 Å². The standard InChI is InChI=1S/C16H14N2O3S2/c1-10-17-13-9-11(7-8-14(13)22-10)18-16(19)12-5-3-4-6-15(12)23(2,20)21/h3-9H,1-2H3,(H,18,19). The van der Waals surface area contributed by atoms with Gasteiger partial charge in [0, 0.05) is 11.9 Å². The van der Waals surface area contributed by atoms with Crippen molar-refractivity contribution in [1.82, 2.24) is 4.98 Å². The van der Waals surface area contributed by atoms with Gasteiger partial charge in [-0.25, -0.2) is 13.4 Å². The van der Waals surface area contributed by atoms with Gasteiger partial charge < -0.3 is 5.32 Å². The van der Waals surface area contributed by atoms with Crippen LogP contribution < -0.4 is 5.32 Å². The lowest BCUT2D eigenvalue weighted by atomic mass is 10.2. The first-order valence-electron chi connectivity index (χ1n) is 6.82. The highest BCUT2D eigenvalue weighted by Crippen LogP contribution is 2.25. The summed E-state index contributed by atoms with van der Waals surface area (Å²) in [4.78, 5) is 16.8. The lowest BCUT2D eigenvalue weighted by Gasteiger charge is -2.09. The first kappa shape index (κ1) is 15.6. The number of rotatable bonds is 3. The molecule has 2 aromatic carbocycles. The fourth-order valence-corrected chi connectivity index (χ4v) is 3.99. The summed E-state index contributed by atoms with van der Waals surface area (Å²) in [7, 11) is -3.47. The molecule has 0 aliphatic carbocycles. The molecule has 1 amide bonds. The normalized spacial score (nSPS) is 11.6. The van der Waals surface area contributed by atoms with E-state index in [9.17, 15) is 13.2 Å². The third-order valence-corrected chi connectivity index (χ3v) is 5.39. The monoisotopic (exact) mass is 346 g/mol. The minimum Gasteiger partial charge on any atom is -0.322 e. The summed E-state index contributed by atoms with van der Waals surface area (Å²) >= 11 is 1.58. The third kappa shape index (κ3) is 3.25. The number of benzene rings is 2. The maximum atomic E-state index is 12.4. The third-order valence-electron chi connectivity index (χ3n) is 3.28. The Hall–Kier alpha value is -2.25. The number of carbonyl (C=O) groups is 1. The summed E-state index contributed by atoms with van der Waals surface area (Å²) in [6.07, 6.45) is 1.09. The van der Waals surface area contributed by atoms with E-state index >= 15 is 0 Å². The highest BCUT2D eigenvalue weighted by molar-refractivity contribution is 7.90. The number of anilines is 1. The summed E-state index contributed by atoms with van der Waals surface area (Å²) in [5.41, 5.74) is 1.52. The van der Waals surface area contributed by atoms with Crippen LogP contribution in [0.15, 0.2) is 47.4 Å². The minimum absolute atomic E-state index is 0.0167. The molecule has 0 radical (unpaired) electrons. The topological polar surface area (TPSA) is 76.1 Å². The number of nitrogens with zero attached hydrogens (tertiary/aromatic N) is 1. The van der Waals surface area contributed by atoms with Gasteiger partial charge in [-0.2, -0.15) is 0 Å². The van der Waals surface area contributed by atoms with E-state index < -0.39 is 15.7 Å². The second-order valence-electron chi connectivity index (χ2n) is 5.14. The molecule has 1 heterocycles. The number of amides is 1. The van der Waals surface area contributed by atoms with Gasteiger partial charge in [-0.3, -0.25) is 4.79 Å². The molecule has 3 aromatic rings. The molecule has 0 fully saturated rings. The van der Waals surface area contributed by atoms with Gasteiger partial charge in [-0.1, -0.05) is 12.1 Å². The van der Waals surface area contributed by atoms with Gasteiger partial charge in [0.15, 0.2) is 9.84 Å². The second-order valence-corrected chi connectivity index (χ2v) is 8.36. The predicted molar refractivity (Wildman–Crippen MR) is 91.9 cm³/mol. The summed E-state index contributed by atoms with van der Waals surface area (Å²) in [5.74, 6) is -0.461. The smallest absolute Gasteiger partial charge is 0.256 e. The van der Waals surface area contributed by atoms with Crippen molar-refractivity contribution in [3.8, 4) is 0 Å². The molecule has 3 rings (SSSR count). The lowest BCUT2D eigenvalue weighted by Crippen LogP contribution is -2.15. The van der Waals surface area contributed by atoms with E-state index in [0.717, 1.165) is 21.5 Å². The van der Waals surface area contributed by atoms with Gasteiger partial charge in [-0.05, 0) is 37.3 Å². The van der Waals surface area contributed by atoms with Gasteiger partial charge >= 0.3 is 0 Å². The number of thiazole rings is 1. The SMILES string of the molecule is Cc1nc2cc(NC(=O)c3ccccc3S(C)(=O)=O)ccc2s1. The minimum atomic E-state index is -3.47. The van der Waals surface area contributed by atoms with Crippen LogP contribution in [0.3, 0.4) is 0 Å². The van der Waals surface area contributed by atoms with E-state index in [-0.39, 0.29) is 10.5 Å². The van der Waals surface area contributed by atoms with Crippen LogP contribution in [-0.2, 0) is 9.84 Å². The first-order chi connectivity index (χ1) is 10.8. The van der Waals surface area contributed by atoms with Crippen LogP contribution in [0, 0.1) is 6.92 Å². The van der Waals surface area contributed by atoms with Crippen molar-refractivity contribution < 1.29 is 13.2 Å². The largest absolute Gasteiger partial charge is 0.322 e. The molecule has 0 bridgehead atoms. The molecule has 1 N–H and O–H groups in total. The molecular weight excluding hydrogens is 332 g/mol. The Morgan fingerprint density at radius 1 is 1.17 bits per heavy atom. The molecule has 23 heavy (non-hydrogen) atoms. The Kier molecular flexibility index (Phi) is 3.91. The summed E-state index contributed by atoms with van der Waals surface area (Å²) in [6.45, 7) is 1.92. The van der Waals surface area contributed by atoms with Gasteiger partial charge in [0.2, 0.25) is 0 Å². The molecule has 0 unspecified atom stereocenters. The molecule has 0 atom stereocenters. The highest BCUT2D eigenvalue weighted by Gasteiger charge is 2.18. The number of hydrogen-bond donors (Lipinski definition) is 1. The maximum absolute atomic E-state index is 12.4. The number of nitrogens with one attached hydrogen (secondary N) is 1. The number of carbonyl (C=O) groups excluding carboxylic acids is 1. The van der Waals surface area contributed by atoms with Crippen molar-refractivity contribution in [3.63, 3.8) is 0 Å². The van der Waals surface area contributed by atoms with Crippen molar-refractivity contribution in [2.45, 2.75) is 11.8 Å². The Bertz CT molecular complexity index is 1010. The van der Waals surface area contributed by atoms with E-state index in [1.165, 1.54) is 12.1 Å². The van der Waals surface area contributed by atoms with Crippen LogP contribution in [0.1, 0.15) is 15.4 Å². The van der Waals surface area contributed by atoms with Crippen LogP contribution >= 0.6 is 11.3 Å². The van der Waals surface area contributed by atoms with E-state index in [2.05, 4.69) is 10.3 Å². The molecule has 0 saturated carbocycles. The van der Waals surface area contributed by atoms with Crippen molar-refractivity contribution in [2.24, 2.45) is 0 Å². The van der Waals surface area contributed by atoms with Crippen LogP contribution in [0.25, 0.3) is 10.2 Å². The summed E-state index contributed by atoms with van der Waals surface area (Å²) in [5, 5.41) is 3.68. The van der Waals surface area contributed by atoms with Crippen LogP contribution in [0.2, 0.25) is 0 Å². The molecule has 0 aliphatic rings. The Balaban J connectivity index is 1.95. The first-order valence-corrected chi connectivity index (χ1v) is 9.53. The van der Waals surface area contributed by atoms with E-state index in [1.807, 2.05) is 13.0 Å². The lowest BCUT2D eigenvalue weighted by molar-refractivity contribution is 0.102. The molecule has 0 aliphatic heterocycles. The molecule has 1 aromatic heterocycles. The molecule has 0 saturated heterocycles. The summed E-state index contributed by atoms with van der Waals surface area (Å²) in [6, 6.07) is 11.6. The van der Waals surface area contributed by atoms with Gasteiger partial charge in [-0.15, -0.1) is 11.3 Å². The van der Waals surface area contributed by atoms with E-state index in [1.54, 1.807) is 35.6 Å². The Labute approximate surface area is 137 Å². The zero-order valence-electron chi connectivity index (χ0n) is 12.5.